The molecular weight excluding hydrogens is 310 g/mol. The Morgan fingerprint density at radius 3 is 2.62 bits per heavy atom. The fraction of sp³-hybridized carbons (Fsp3) is 0.176. The standard InChI is InChI=1S/C17H17N3O4/c1-19(18-11-13-6-4-3-5-7-13)12-14-10-15(20(22)23)8-9-16(14)17(21)24-2/h3-11H,12H2,1-2H3/b18-11+. The van der Waals surface area contributed by atoms with E-state index in [1.54, 1.807) is 18.3 Å². The fourth-order valence-electron chi connectivity index (χ4n) is 2.13. The van der Waals surface area contributed by atoms with Crippen LogP contribution >= 0.6 is 0 Å². The van der Waals surface area contributed by atoms with E-state index in [1.807, 2.05) is 30.3 Å². The lowest BCUT2D eigenvalue weighted by atomic mass is 10.1. The Kier molecular flexibility index (Phi) is 5.62. The Bertz CT molecular complexity index is 760. The molecule has 0 aliphatic carbocycles. The Hall–Kier alpha value is -3.22. The van der Waals surface area contributed by atoms with Gasteiger partial charge in [-0.25, -0.2) is 4.79 Å². The first-order valence-electron chi connectivity index (χ1n) is 7.17. The molecule has 0 saturated carbocycles. The van der Waals surface area contributed by atoms with Crippen molar-refractivity contribution in [2.24, 2.45) is 5.10 Å². The van der Waals surface area contributed by atoms with Gasteiger partial charge >= 0.3 is 5.97 Å². The van der Waals surface area contributed by atoms with Gasteiger partial charge in [0.15, 0.2) is 0 Å². The van der Waals surface area contributed by atoms with E-state index >= 15 is 0 Å². The van der Waals surface area contributed by atoms with Crippen LogP contribution in [0, 0.1) is 10.1 Å². The first kappa shape index (κ1) is 17.1. The summed E-state index contributed by atoms with van der Waals surface area (Å²) in [6, 6.07) is 13.6. The molecule has 0 atom stereocenters. The maximum Gasteiger partial charge on any atom is 0.338 e. The maximum atomic E-state index is 11.8. The third kappa shape index (κ3) is 4.39. The lowest BCUT2D eigenvalue weighted by Gasteiger charge is -2.15. The highest BCUT2D eigenvalue weighted by Crippen LogP contribution is 2.20. The summed E-state index contributed by atoms with van der Waals surface area (Å²) in [5.41, 5.74) is 1.60. The van der Waals surface area contributed by atoms with Gasteiger partial charge in [0, 0.05) is 19.2 Å². The van der Waals surface area contributed by atoms with Crippen molar-refractivity contribution in [3.8, 4) is 0 Å². The molecule has 0 heterocycles. The van der Waals surface area contributed by atoms with Gasteiger partial charge in [-0.15, -0.1) is 0 Å². The van der Waals surface area contributed by atoms with Gasteiger partial charge in [-0.1, -0.05) is 30.3 Å². The molecule has 24 heavy (non-hydrogen) atoms. The molecule has 7 nitrogen and oxygen atoms in total. The zero-order valence-corrected chi connectivity index (χ0v) is 13.4. The molecule has 0 amide bonds. The second-order valence-electron chi connectivity index (χ2n) is 5.06. The van der Waals surface area contributed by atoms with Crippen LogP contribution in [0.15, 0.2) is 53.6 Å². The van der Waals surface area contributed by atoms with Crippen molar-refractivity contribution in [1.29, 1.82) is 0 Å². The molecule has 124 valence electrons. The zero-order chi connectivity index (χ0) is 17.5. The number of hydrazone groups is 1. The summed E-state index contributed by atoms with van der Waals surface area (Å²) in [5.74, 6) is -0.541. The zero-order valence-electron chi connectivity index (χ0n) is 13.4. The predicted octanol–water partition coefficient (Wildman–Crippen LogP) is 2.85. The molecule has 2 rings (SSSR count). The largest absolute Gasteiger partial charge is 0.465 e. The summed E-state index contributed by atoms with van der Waals surface area (Å²) >= 11 is 0. The maximum absolute atomic E-state index is 11.8. The van der Waals surface area contributed by atoms with E-state index in [4.69, 9.17) is 4.74 Å². The summed E-state index contributed by atoms with van der Waals surface area (Å²) in [5, 5.41) is 16.8. The van der Waals surface area contributed by atoms with Gasteiger partial charge in [0.2, 0.25) is 0 Å². The Morgan fingerprint density at radius 1 is 1.29 bits per heavy atom. The molecule has 0 aliphatic rings. The van der Waals surface area contributed by atoms with Crippen LogP contribution in [0.1, 0.15) is 21.5 Å². The van der Waals surface area contributed by atoms with Crippen LogP contribution in [0.5, 0.6) is 0 Å². The molecule has 7 heteroatoms. The van der Waals surface area contributed by atoms with Crippen molar-refractivity contribution in [3.05, 3.63) is 75.3 Å². The molecule has 0 radical (unpaired) electrons. The van der Waals surface area contributed by atoms with E-state index < -0.39 is 10.9 Å². The van der Waals surface area contributed by atoms with E-state index in [0.29, 0.717) is 5.56 Å². The van der Waals surface area contributed by atoms with Gasteiger partial charge in [-0.05, 0) is 17.2 Å². The molecule has 0 aromatic heterocycles. The van der Waals surface area contributed by atoms with Crippen LogP contribution in [-0.4, -0.2) is 36.3 Å². The summed E-state index contributed by atoms with van der Waals surface area (Å²) in [7, 11) is 2.99. The van der Waals surface area contributed by atoms with Crippen molar-refractivity contribution in [3.63, 3.8) is 0 Å². The monoisotopic (exact) mass is 327 g/mol. The van der Waals surface area contributed by atoms with E-state index in [2.05, 4.69) is 5.10 Å². The van der Waals surface area contributed by atoms with Crippen LogP contribution in [0.25, 0.3) is 0 Å². The minimum Gasteiger partial charge on any atom is -0.465 e. The van der Waals surface area contributed by atoms with Gasteiger partial charge in [0.25, 0.3) is 5.69 Å². The van der Waals surface area contributed by atoms with Crippen LogP contribution in [0.2, 0.25) is 0 Å². The van der Waals surface area contributed by atoms with Crippen molar-refractivity contribution in [2.45, 2.75) is 6.54 Å². The van der Waals surface area contributed by atoms with Gasteiger partial charge in [-0.2, -0.15) is 5.10 Å². The normalized spacial score (nSPS) is 10.6. The fourth-order valence-corrected chi connectivity index (χ4v) is 2.13. The minimum atomic E-state index is -0.541. The number of rotatable bonds is 6. The quantitative estimate of drug-likeness (QED) is 0.352. The lowest BCUT2D eigenvalue weighted by Crippen LogP contribution is -2.15. The number of nitrogens with zero attached hydrogens (tertiary/aromatic N) is 3. The minimum absolute atomic E-state index is 0.0851. The summed E-state index contributed by atoms with van der Waals surface area (Å²) in [6.07, 6.45) is 1.68. The second-order valence-corrected chi connectivity index (χ2v) is 5.06. The molecule has 2 aromatic rings. The molecule has 0 fully saturated rings. The van der Waals surface area contributed by atoms with Gasteiger partial charge in [0.05, 0.1) is 30.4 Å². The number of non-ortho nitro benzene ring substituents is 1. The number of nitro groups is 1. The van der Waals surface area contributed by atoms with Crippen molar-refractivity contribution < 1.29 is 14.5 Å². The molecule has 0 unspecified atom stereocenters. The average molecular weight is 327 g/mol. The van der Waals surface area contributed by atoms with Crippen LogP contribution in [0.4, 0.5) is 5.69 Å². The third-order valence-corrected chi connectivity index (χ3v) is 3.31. The third-order valence-electron chi connectivity index (χ3n) is 3.31. The molecule has 0 saturated heterocycles. The lowest BCUT2D eigenvalue weighted by molar-refractivity contribution is -0.384. The highest BCUT2D eigenvalue weighted by atomic mass is 16.6. The number of esters is 1. The predicted molar refractivity (Wildman–Crippen MR) is 89.9 cm³/mol. The molecule has 0 bridgehead atoms. The van der Waals surface area contributed by atoms with Gasteiger partial charge in [0.1, 0.15) is 0 Å². The summed E-state index contributed by atoms with van der Waals surface area (Å²) in [4.78, 5) is 22.3. The summed E-state index contributed by atoms with van der Waals surface area (Å²) < 4.78 is 4.72. The molecule has 0 aliphatic heterocycles. The first-order chi connectivity index (χ1) is 11.5. The molecule has 0 N–H and O–H groups in total. The van der Waals surface area contributed by atoms with Gasteiger partial charge < -0.3 is 4.74 Å². The van der Waals surface area contributed by atoms with E-state index in [9.17, 15) is 14.9 Å². The average Bonchev–Trinajstić information content (AvgIpc) is 2.60. The van der Waals surface area contributed by atoms with E-state index in [-0.39, 0.29) is 17.8 Å². The number of carbonyl (C=O) groups excluding carboxylic acids is 1. The number of benzene rings is 2. The summed E-state index contributed by atoms with van der Waals surface area (Å²) in [6.45, 7) is 0.232. The van der Waals surface area contributed by atoms with Crippen molar-refractivity contribution in [2.75, 3.05) is 14.2 Å². The first-order valence-corrected chi connectivity index (χ1v) is 7.17. The van der Waals surface area contributed by atoms with Crippen LogP contribution < -0.4 is 0 Å². The Labute approximate surface area is 139 Å². The van der Waals surface area contributed by atoms with Crippen molar-refractivity contribution in [1.82, 2.24) is 5.01 Å². The van der Waals surface area contributed by atoms with E-state index in [0.717, 1.165) is 5.56 Å². The highest BCUT2D eigenvalue weighted by Gasteiger charge is 2.17. The Morgan fingerprint density at radius 2 is 2.00 bits per heavy atom. The van der Waals surface area contributed by atoms with Crippen LogP contribution in [0.3, 0.4) is 0 Å². The number of nitro benzene ring substituents is 1. The number of hydrogen-bond donors (Lipinski definition) is 0. The number of hydrogen-bond acceptors (Lipinski definition) is 6. The molecule has 0 spiro atoms. The Balaban J connectivity index is 2.22. The van der Waals surface area contributed by atoms with E-state index in [1.165, 1.54) is 25.3 Å². The highest BCUT2D eigenvalue weighted by molar-refractivity contribution is 5.91. The van der Waals surface area contributed by atoms with Crippen molar-refractivity contribution >= 4 is 17.9 Å². The topological polar surface area (TPSA) is 85.0 Å². The number of ether oxygens (including phenoxy) is 1. The number of methoxy groups -OCH3 is 1. The van der Waals surface area contributed by atoms with Crippen LogP contribution in [-0.2, 0) is 11.3 Å². The smallest absolute Gasteiger partial charge is 0.338 e. The molecular formula is C17H17N3O4. The van der Waals surface area contributed by atoms with Gasteiger partial charge in [-0.3, -0.25) is 15.1 Å². The SMILES string of the molecule is COC(=O)c1ccc([N+](=O)[O-])cc1CN(C)/N=C/c1ccccc1. The second kappa shape index (κ2) is 7.87. The number of carbonyl (C=O) groups is 1. The molecule has 2 aromatic carbocycles.